The third kappa shape index (κ3) is 3.50. The van der Waals surface area contributed by atoms with Gasteiger partial charge in [-0.2, -0.15) is 5.26 Å². The summed E-state index contributed by atoms with van der Waals surface area (Å²) in [5.41, 5.74) is 7.03. The maximum absolute atomic E-state index is 14.9. The number of carbonyl (C=O) groups excluding carboxylic acids is 1. The van der Waals surface area contributed by atoms with Crippen molar-refractivity contribution in [2.45, 2.75) is 38.1 Å². The zero-order chi connectivity index (χ0) is 21.3. The first-order valence-electron chi connectivity index (χ1n) is 9.64. The smallest absolute Gasteiger partial charge is 0.288 e. The van der Waals surface area contributed by atoms with E-state index in [1.54, 1.807) is 6.07 Å². The van der Waals surface area contributed by atoms with Crippen LogP contribution < -0.4 is 11.1 Å². The molecule has 1 aromatic carbocycles. The molecule has 1 amide bonds. The Kier molecular flexibility index (Phi) is 4.96. The zero-order valence-electron chi connectivity index (χ0n) is 16.4. The number of aliphatic imine (C=N–C) groups is 1. The highest BCUT2D eigenvalue weighted by Gasteiger charge is 2.40. The normalized spacial score (nSPS) is 20.5. The second kappa shape index (κ2) is 7.59. The number of aromatic nitrogens is 1. The fourth-order valence-corrected chi connectivity index (χ4v) is 3.93. The Bertz CT molecular complexity index is 1120. The Morgan fingerprint density at radius 1 is 1.30 bits per heavy atom. The maximum Gasteiger partial charge on any atom is 0.288 e. The van der Waals surface area contributed by atoms with E-state index in [-0.39, 0.29) is 11.7 Å². The van der Waals surface area contributed by atoms with Crippen LogP contribution in [0.3, 0.4) is 0 Å². The number of hydrogen-bond acceptors (Lipinski definition) is 6. The van der Waals surface area contributed by atoms with Crippen molar-refractivity contribution in [2.75, 3.05) is 5.32 Å². The number of anilines is 1. The number of allylic oxidation sites excluding steroid dienone is 1. The van der Waals surface area contributed by atoms with E-state index in [9.17, 15) is 9.18 Å². The summed E-state index contributed by atoms with van der Waals surface area (Å²) in [6, 6.07) is 9.27. The van der Waals surface area contributed by atoms with E-state index < -0.39 is 17.3 Å². The number of rotatable bonds is 3. The lowest BCUT2D eigenvalue weighted by Crippen LogP contribution is -2.36. The van der Waals surface area contributed by atoms with E-state index in [1.165, 1.54) is 30.5 Å². The fourth-order valence-electron chi connectivity index (χ4n) is 3.93. The minimum Gasteiger partial charge on any atom is -0.431 e. The summed E-state index contributed by atoms with van der Waals surface area (Å²) in [7, 11) is 0. The van der Waals surface area contributed by atoms with Gasteiger partial charge in [0.25, 0.3) is 11.9 Å². The lowest BCUT2D eigenvalue weighted by atomic mass is 9.78. The Morgan fingerprint density at radius 3 is 2.83 bits per heavy atom. The van der Waals surface area contributed by atoms with E-state index in [0.717, 1.165) is 37.0 Å². The number of pyridine rings is 1. The van der Waals surface area contributed by atoms with Gasteiger partial charge in [-0.15, -0.1) is 0 Å². The molecule has 1 aliphatic carbocycles. The monoisotopic (exact) mass is 405 g/mol. The number of amides is 1. The van der Waals surface area contributed by atoms with E-state index in [0.29, 0.717) is 16.8 Å². The average molecular weight is 405 g/mol. The number of nitrogens with two attached hydrogens (primary N) is 1. The topological polar surface area (TPSA) is 113 Å². The molecule has 0 radical (unpaired) electrons. The molecule has 1 aliphatic heterocycles. The predicted molar refractivity (Wildman–Crippen MR) is 109 cm³/mol. The molecule has 0 saturated heterocycles. The predicted octanol–water partition coefficient (Wildman–Crippen LogP) is 3.73. The summed E-state index contributed by atoms with van der Waals surface area (Å²) in [6.45, 7) is 1.81. The van der Waals surface area contributed by atoms with E-state index in [4.69, 9.17) is 15.7 Å². The Morgan fingerprint density at radius 2 is 2.10 bits per heavy atom. The van der Waals surface area contributed by atoms with Gasteiger partial charge in [0.15, 0.2) is 0 Å². The average Bonchev–Trinajstić information content (AvgIpc) is 2.75. The van der Waals surface area contributed by atoms with Crippen molar-refractivity contribution in [2.24, 2.45) is 10.7 Å². The van der Waals surface area contributed by atoms with Gasteiger partial charge in [-0.1, -0.05) is 0 Å². The molecule has 7 nitrogen and oxygen atoms in total. The number of nitrogens with one attached hydrogen (secondary N) is 1. The van der Waals surface area contributed by atoms with Gasteiger partial charge < -0.3 is 15.8 Å². The van der Waals surface area contributed by atoms with Crippen LogP contribution in [0.5, 0.6) is 0 Å². The number of ether oxygens (including phenoxy) is 1. The maximum atomic E-state index is 14.9. The molecule has 0 unspecified atom stereocenters. The molecule has 2 heterocycles. The molecule has 8 heteroatoms. The third-order valence-electron chi connectivity index (χ3n) is 5.44. The highest BCUT2D eigenvalue weighted by atomic mass is 19.1. The van der Waals surface area contributed by atoms with Gasteiger partial charge in [0.2, 0.25) is 0 Å². The lowest BCUT2D eigenvalue weighted by Gasteiger charge is -2.37. The standard InChI is InChI=1S/C22H20FN5O2/c1-22(15-4-2-3-5-19(15)30-21(25)28-22)16-10-14(7-8-17(16)23)27-20(29)18-9-6-13(11-24)12-26-18/h6-10,12H,2-5H2,1H3,(H2,25,28)(H,27,29)/t22-/m0/s1. The Balaban J connectivity index is 1.68. The largest absolute Gasteiger partial charge is 0.431 e. The van der Waals surface area contributed by atoms with Crippen molar-refractivity contribution in [1.82, 2.24) is 4.98 Å². The van der Waals surface area contributed by atoms with Gasteiger partial charge in [0.1, 0.15) is 28.9 Å². The number of hydrogen-bond donors (Lipinski definition) is 2. The molecule has 0 saturated carbocycles. The van der Waals surface area contributed by atoms with Gasteiger partial charge >= 0.3 is 0 Å². The first-order valence-corrected chi connectivity index (χ1v) is 9.64. The van der Waals surface area contributed by atoms with Gasteiger partial charge in [-0.25, -0.2) is 14.4 Å². The van der Waals surface area contributed by atoms with E-state index in [1.807, 2.05) is 13.0 Å². The summed E-state index contributed by atoms with van der Waals surface area (Å²) in [6.07, 6.45) is 4.76. The number of carbonyl (C=O) groups is 1. The molecule has 30 heavy (non-hydrogen) atoms. The molecule has 152 valence electrons. The van der Waals surface area contributed by atoms with Crippen molar-refractivity contribution in [1.29, 1.82) is 5.26 Å². The lowest BCUT2D eigenvalue weighted by molar-refractivity contribution is 0.102. The SMILES string of the molecule is C[C@]1(c2cc(NC(=O)c3ccc(C#N)cn3)ccc2F)N=C(N)OC2=C1CCCC2. The molecule has 0 spiro atoms. The van der Waals surface area contributed by atoms with Gasteiger partial charge in [-0.3, -0.25) is 4.79 Å². The van der Waals surface area contributed by atoms with Crippen LogP contribution in [0, 0.1) is 17.1 Å². The third-order valence-corrected chi connectivity index (χ3v) is 5.44. The van der Waals surface area contributed by atoms with Gasteiger partial charge in [-0.05, 0) is 56.5 Å². The van der Waals surface area contributed by atoms with Crippen molar-refractivity contribution in [3.05, 3.63) is 70.5 Å². The molecule has 3 N–H and O–H groups in total. The fraction of sp³-hybridized carbons (Fsp3) is 0.273. The molecular formula is C22H20FN5O2. The molecule has 1 atom stereocenters. The number of amidine groups is 1. The van der Waals surface area contributed by atoms with Gasteiger partial charge in [0, 0.05) is 29.4 Å². The summed E-state index contributed by atoms with van der Waals surface area (Å²) < 4.78 is 20.5. The van der Waals surface area contributed by atoms with Crippen LogP contribution in [0.2, 0.25) is 0 Å². The molecule has 4 rings (SSSR count). The molecule has 0 bridgehead atoms. The van der Waals surface area contributed by atoms with Crippen LogP contribution in [0.4, 0.5) is 10.1 Å². The first kappa shape index (κ1) is 19.6. The summed E-state index contributed by atoms with van der Waals surface area (Å²) >= 11 is 0. The number of nitrogens with zero attached hydrogens (tertiary/aromatic N) is 3. The minimum atomic E-state index is -1.00. The van der Waals surface area contributed by atoms with Crippen LogP contribution in [0.25, 0.3) is 0 Å². The van der Waals surface area contributed by atoms with Crippen LogP contribution >= 0.6 is 0 Å². The van der Waals surface area contributed by atoms with Gasteiger partial charge in [0.05, 0.1) is 5.56 Å². The van der Waals surface area contributed by atoms with Crippen LogP contribution in [-0.2, 0) is 10.3 Å². The van der Waals surface area contributed by atoms with Crippen LogP contribution in [-0.4, -0.2) is 16.9 Å². The molecular weight excluding hydrogens is 385 g/mol. The Hall–Kier alpha value is -3.73. The number of halogens is 1. The van der Waals surface area contributed by atoms with E-state index >= 15 is 0 Å². The van der Waals surface area contributed by atoms with Crippen molar-refractivity contribution in [3.8, 4) is 6.07 Å². The quantitative estimate of drug-likeness (QED) is 0.808. The van der Waals surface area contributed by atoms with E-state index in [2.05, 4.69) is 15.3 Å². The molecule has 2 aromatic rings. The van der Waals surface area contributed by atoms with Crippen molar-refractivity contribution >= 4 is 17.6 Å². The summed E-state index contributed by atoms with van der Waals surface area (Å²) in [4.78, 5) is 20.9. The first-order chi connectivity index (χ1) is 14.4. The van der Waals surface area contributed by atoms with Crippen molar-refractivity contribution < 1.29 is 13.9 Å². The Labute approximate surface area is 173 Å². The minimum absolute atomic E-state index is 0.00812. The second-order valence-electron chi connectivity index (χ2n) is 7.43. The zero-order valence-corrected chi connectivity index (χ0v) is 16.4. The van der Waals surface area contributed by atoms with Crippen LogP contribution in [0.1, 0.15) is 54.2 Å². The molecule has 0 fully saturated rings. The number of benzene rings is 1. The second-order valence-corrected chi connectivity index (χ2v) is 7.43. The van der Waals surface area contributed by atoms with Crippen LogP contribution in [0.15, 0.2) is 52.9 Å². The highest BCUT2D eigenvalue weighted by molar-refractivity contribution is 6.02. The highest BCUT2D eigenvalue weighted by Crippen LogP contribution is 2.45. The number of nitriles is 1. The molecule has 2 aliphatic rings. The van der Waals surface area contributed by atoms with Crippen molar-refractivity contribution in [3.63, 3.8) is 0 Å². The molecule has 1 aromatic heterocycles. The summed E-state index contributed by atoms with van der Waals surface area (Å²) in [5.74, 6) is -0.149. The summed E-state index contributed by atoms with van der Waals surface area (Å²) in [5, 5.41) is 11.6.